The van der Waals surface area contributed by atoms with Crippen LogP contribution in [-0.4, -0.2) is 25.2 Å². The summed E-state index contributed by atoms with van der Waals surface area (Å²) in [6, 6.07) is 7.03. The zero-order valence-corrected chi connectivity index (χ0v) is 9.67. The number of carbonyl (C=O) groups is 1. The van der Waals surface area contributed by atoms with E-state index in [0.717, 1.165) is 19.4 Å². The summed E-state index contributed by atoms with van der Waals surface area (Å²) in [5.74, 6) is -0.138. The highest BCUT2D eigenvalue weighted by atomic mass is 35.5. The van der Waals surface area contributed by atoms with Gasteiger partial charge in [0.25, 0.3) is 5.91 Å². The van der Waals surface area contributed by atoms with Crippen molar-refractivity contribution in [3.63, 3.8) is 0 Å². The molecule has 0 radical (unpaired) electrons. The van der Waals surface area contributed by atoms with Crippen molar-refractivity contribution in [3.05, 3.63) is 34.9 Å². The number of nitrogens with one attached hydrogen (secondary N) is 1. The normalized spacial score (nSPS) is 19.7. The fourth-order valence-electron chi connectivity index (χ4n) is 1.75. The van der Waals surface area contributed by atoms with Crippen LogP contribution in [-0.2, 0) is 4.74 Å². The Morgan fingerprint density at radius 2 is 2.31 bits per heavy atom. The van der Waals surface area contributed by atoms with Gasteiger partial charge in [0.1, 0.15) is 0 Å². The molecule has 1 amide bonds. The van der Waals surface area contributed by atoms with Crippen molar-refractivity contribution in [3.8, 4) is 0 Å². The lowest BCUT2D eigenvalue weighted by atomic mass is 10.2. The lowest BCUT2D eigenvalue weighted by Crippen LogP contribution is -2.31. The van der Waals surface area contributed by atoms with Gasteiger partial charge in [0.2, 0.25) is 0 Å². The Morgan fingerprint density at radius 3 is 3.00 bits per heavy atom. The molecule has 1 N–H and O–H groups in total. The molecule has 3 nitrogen and oxygen atoms in total. The maximum atomic E-state index is 11.8. The molecule has 0 spiro atoms. The first-order valence-electron chi connectivity index (χ1n) is 5.41. The zero-order chi connectivity index (χ0) is 11.4. The van der Waals surface area contributed by atoms with Gasteiger partial charge in [-0.1, -0.05) is 23.7 Å². The molecule has 2 rings (SSSR count). The van der Waals surface area contributed by atoms with Crippen LogP contribution in [0.2, 0.25) is 5.02 Å². The van der Waals surface area contributed by atoms with E-state index >= 15 is 0 Å². The standard InChI is InChI=1S/C12H14ClNO2/c13-11-6-2-1-5-10(11)12(15)14-8-9-4-3-7-16-9/h1-2,5-6,9H,3-4,7-8H2,(H,14,15). The first kappa shape index (κ1) is 11.4. The predicted molar refractivity (Wildman–Crippen MR) is 62.8 cm³/mol. The molecule has 4 heteroatoms. The number of carbonyl (C=O) groups excluding carboxylic acids is 1. The molecule has 1 saturated heterocycles. The summed E-state index contributed by atoms with van der Waals surface area (Å²) < 4.78 is 5.42. The first-order chi connectivity index (χ1) is 7.77. The van der Waals surface area contributed by atoms with Crippen molar-refractivity contribution in [2.45, 2.75) is 18.9 Å². The number of hydrogen-bond acceptors (Lipinski definition) is 2. The van der Waals surface area contributed by atoms with Gasteiger partial charge in [0, 0.05) is 13.2 Å². The zero-order valence-electron chi connectivity index (χ0n) is 8.91. The topological polar surface area (TPSA) is 38.3 Å². The van der Waals surface area contributed by atoms with E-state index in [1.54, 1.807) is 24.3 Å². The maximum Gasteiger partial charge on any atom is 0.252 e. The van der Waals surface area contributed by atoms with Crippen LogP contribution >= 0.6 is 11.6 Å². The number of benzene rings is 1. The Morgan fingerprint density at radius 1 is 1.50 bits per heavy atom. The van der Waals surface area contributed by atoms with E-state index in [9.17, 15) is 4.79 Å². The molecule has 0 aliphatic carbocycles. The number of ether oxygens (including phenoxy) is 1. The van der Waals surface area contributed by atoms with Crippen LogP contribution in [0, 0.1) is 0 Å². The van der Waals surface area contributed by atoms with E-state index in [2.05, 4.69) is 5.32 Å². The average molecular weight is 240 g/mol. The third-order valence-corrected chi connectivity index (χ3v) is 2.96. The monoisotopic (exact) mass is 239 g/mol. The molecule has 0 saturated carbocycles. The van der Waals surface area contributed by atoms with Crippen molar-refractivity contribution >= 4 is 17.5 Å². The van der Waals surface area contributed by atoms with Gasteiger partial charge >= 0.3 is 0 Å². The van der Waals surface area contributed by atoms with E-state index in [4.69, 9.17) is 16.3 Å². The third kappa shape index (κ3) is 2.74. The summed E-state index contributed by atoms with van der Waals surface area (Å²) >= 11 is 5.92. The second kappa shape index (κ2) is 5.32. The Hall–Kier alpha value is -1.06. The second-order valence-electron chi connectivity index (χ2n) is 3.82. The minimum Gasteiger partial charge on any atom is -0.376 e. The van der Waals surface area contributed by atoms with Crippen molar-refractivity contribution < 1.29 is 9.53 Å². The van der Waals surface area contributed by atoms with Crippen molar-refractivity contribution in [2.24, 2.45) is 0 Å². The lowest BCUT2D eigenvalue weighted by molar-refractivity contribution is 0.0858. The number of halogens is 1. The summed E-state index contributed by atoms with van der Waals surface area (Å²) in [6.07, 6.45) is 2.25. The van der Waals surface area contributed by atoms with Gasteiger partial charge in [-0.25, -0.2) is 0 Å². The molecule has 1 fully saturated rings. The highest BCUT2D eigenvalue weighted by Crippen LogP contribution is 2.15. The van der Waals surface area contributed by atoms with Crippen LogP contribution in [0.5, 0.6) is 0 Å². The quantitative estimate of drug-likeness (QED) is 0.879. The minimum atomic E-state index is -0.138. The van der Waals surface area contributed by atoms with Crippen LogP contribution < -0.4 is 5.32 Å². The summed E-state index contributed by atoms with van der Waals surface area (Å²) in [6.45, 7) is 1.36. The second-order valence-corrected chi connectivity index (χ2v) is 4.23. The van der Waals surface area contributed by atoms with Gasteiger partial charge in [-0.3, -0.25) is 4.79 Å². The van der Waals surface area contributed by atoms with Crippen LogP contribution in [0.15, 0.2) is 24.3 Å². The molecule has 1 aromatic carbocycles. The van der Waals surface area contributed by atoms with Gasteiger partial charge in [0.15, 0.2) is 0 Å². The van der Waals surface area contributed by atoms with Gasteiger partial charge in [-0.2, -0.15) is 0 Å². The lowest BCUT2D eigenvalue weighted by Gasteiger charge is -2.11. The molecule has 1 unspecified atom stereocenters. The maximum absolute atomic E-state index is 11.8. The fraction of sp³-hybridized carbons (Fsp3) is 0.417. The molecule has 0 bridgehead atoms. The fourth-order valence-corrected chi connectivity index (χ4v) is 1.97. The predicted octanol–water partition coefficient (Wildman–Crippen LogP) is 2.25. The SMILES string of the molecule is O=C(NCC1CCCO1)c1ccccc1Cl. The van der Waals surface area contributed by atoms with Gasteiger partial charge < -0.3 is 10.1 Å². The van der Waals surface area contributed by atoms with E-state index < -0.39 is 0 Å². The number of amides is 1. The Balaban J connectivity index is 1.90. The summed E-state index contributed by atoms with van der Waals surface area (Å²) in [7, 11) is 0. The summed E-state index contributed by atoms with van der Waals surface area (Å²) in [4.78, 5) is 11.8. The van der Waals surface area contributed by atoms with Crippen LogP contribution in [0.4, 0.5) is 0 Å². The van der Waals surface area contributed by atoms with E-state index in [-0.39, 0.29) is 12.0 Å². The van der Waals surface area contributed by atoms with Crippen molar-refractivity contribution in [1.82, 2.24) is 5.32 Å². The van der Waals surface area contributed by atoms with Crippen LogP contribution in [0.1, 0.15) is 23.2 Å². The van der Waals surface area contributed by atoms with Gasteiger partial charge in [-0.05, 0) is 25.0 Å². The molecule has 1 heterocycles. The summed E-state index contributed by atoms with van der Waals surface area (Å²) in [5.41, 5.74) is 0.516. The van der Waals surface area contributed by atoms with Crippen molar-refractivity contribution in [2.75, 3.05) is 13.2 Å². The van der Waals surface area contributed by atoms with Crippen LogP contribution in [0.25, 0.3) is 0 Å². The smallest absolute Gasteiger partial charge is 0.252 e. The largest absolute Gasteiger partial charge is 0.376 e. The molecule has 1 aliphatic rings. The highest BCUT2D eigenvalue weighted by Gasteiger charge is 2.17. The molecular weight excluding hydrogens is 226 g/mol. The Bertz CT molecular complexity index is 375. The molecule has 1 aliphatic heterocycles. The van der Waals surface area contributed by atoms with Crippen molar-refractivity contribution in [1.29, 1.82) is 0 Å². The molecule has 86 valence electrons. The number of rotatable bonds is 3. The minimum absolute atomic E-state index is 0.138. The Labute approximate surface area is 99.7 Å². The van der Waals surface area contributed by atoms with Gasteiger partial charge in [0.05, 0.1) is 16.7 Å². The molecule has 0 aromatic heterocycles. The Kier molecular flexibility index (Phi) is 3.80. The van der Waals surface area contributed by atoms with Crippen LogP contribution in [0.3, 0.4) is 0 Å². The highest BCUT2D eigenvalue weighted by molar-refractivity contribution is 6.33. The van der Waals surface area contributed by atoms with E-state index in [1.165, 1.54) is 0 Å². The molecule has 1 atom stereocenters. The molecular formula is C12H14ClNO2. The number of hydrogen-bond donors (Lipinski definition) is 1. The molecule has 1 aromatic rings. The van der Waals surface area contributed by atoms with E-state index in [0.29, 0.717) is 17.1 Å². The van der Waals surface area contributed by atoms with Gasteiger partial charge in [-0.15, -0.1) is 0 Å². The first-order valence-corrected chi connectivity index (χ1v) is 5.79. The third-order valence-electron chi connectivity index (χ3n) is 2.63. The average Bonchev–Trinajstić information content (AvgIpc) is 2.79. The summed E-state index contributed by atoms with van der Waals surface area (Å²) in [5, 5.41) is 3.31. The van der Waals surface area contributed by atoms with E-state index in [1.807, 2.05) is 0 Å². The molecule has 16 heavy (non-hydrogen) atoms.